The Balaban J connectivity index is 2.26. The average Bonchev–Trinajstić information content (AvgIpc) is 2.74. The topological polar surface area (TPSA) is 42.2 Å². The van der Waals surface area contributed by atoms with Gasteiger partial charge in [0, 0.05) is 11.4 Å². The van der Waals surface area contributed by atoms with E-state index in [1.165, 1.54) is 0 Å². The number of furan rings is 1. The fourth-order valence-electron chi connectivity index (χ4n) is 1.58. The van der Waals surface area contributed by atoms with Crippen molar-refractivity contribution < 1.29 is 9.21 Å². The highest BCUT2D eigenvalue weighted by atomic mass is 79.9. The molecule has 18 heavy (non-hydrogen) atoms. The van der Waals surface area contributed by atoms with Crippen LogP contribution in [0.15, 0.2) is 33.2 Å². The molecule has 4 heteroatoms. The lowest BCUT2D eigenvalue weighted by molar-refractivity contribution is 0.0904. The maximum Gasteiger partial charge on any atom is 0.287 e. The molecule has 0 radical (unpaired) electrons. The van der Waals surface area contributed by atoms with Gasteiger partial charge >= 0.3 is 0 Å². The molecule has 0 bridgehead atoms. The summed E-state index contributed by atoms with van der Waals surface area (Å²) in [5.74, 6) is 0.578. The first-order chi connectivity index (χ1) is 8.49. The first-order valence-electron chi connectivity index (χ1n) is 5.98. The van der Waals surface area contributed by atoms with Crippen molar-refractivity contribution in [3.8, 4) is 0 Å². The molecule has 0 fully saturated rings. The maximum atomic E-state index is 12.0. The zero-order valence-corrected chi connectivity index (χ0v) is 12.2. The van der Waals surface area contributed by atoms with Crippen molar-refractivity contribution in [3.05, 3.63) is 34.5 Å². The highest BCUT2D eigenvalue weighted by molar-refractivity contribution is 9.10. The molecule has 2 aromatic rings. The molecule has 0 spiro atoms. The zero-order chi connectivity index (χ0) is 13.3. The van der Waals surface area contributed by atoms with Crippen LogP contribution in [-0.2, 0) is 0 Å². The van der Waals surface area contributed by atoms with Gasteiger partial charge in [-0.3, -0.25) is 4.79 Å². The molecule has 1 heterocycles. The minimum atomic E-state index is -0.167. The molecule has 0 aliphatic carbocycles. The molecule has 96 valence electrons. The van der Waals surface area contributed by atoms with Crippen LogP contribution >= 0.6 is 15.9 Å². The zero-order valence-electron chi connectivity index (χ0n) is 10.7. The fourth-order valence-corrected chi connectivity index (χ4v) is 2.05. The lowest BCUT2D eigenvalue weighted by atomic mass is 10.1. The Morgan fingerprint density at radius 3 is 2.67 bits per heavy atom. The van der Waals surface area contributed by atoms with Gasteiger partial charge in [0.05, 0.1) is 4.47 Å². The number of hydrogen-bond acceptors (Lipinski definition) is 2. The molecule has 3 nitrogen and oxygen atoms in total. The van der Waals surface area contributed by atoms with Crippen molar-refractivity contribution in [2.75, 3.05) is 0 Å². The second kappa shape index (κ2) is 5.14. The number of nitrogens with one attached hydrogen (secondary N) is 1. The van der Waals surface area contributed by atoms with Crippen molar-refractivity contribution in [2.24, 2.45) is 5.92 Å². The van der Waals surface area contributed by atoms with Gasteiger partial charge in [-0.15, -0.1) is 0 Å². The summed E-state index contributed by atoms with van der Waals surface area (Å²) in [7, 11) is 0. The van der Waals surface area contributed by atoms with Crippen LogP contribution in [0, 0.1) is 5.92 Å². The van der Waals surface area contributed by atoms with Crippen molar-refractivity contribution in [2.45, 2.75) is 26.8 Å². The van der Waals surface area contributed by atoms with Crippen LogP contribution in [-0.4, -0.2) is 11.9 Å². The van der Waals surface area contributed by atoms with Gasteiger partial charge in [-0.2, -0.15) is 0 Å². The summed E-state index contributed by atoms with van der Waals surface area (Å²) in [6.45, 7) is 6.13. The van der Waals surface area contributed by atoms with Gasteiger partial charge in [-0.25, -0.2) is 0 Å². The molecule has 1 unspecified atom stereocenters. The van der Waals surface area contributed by atoms with Crippen molar-refractivity contribution in [3.63, 3.8) is 0 Å². The summed E-state index contributed by atoms with van der Waals surface area (Å²) in [5, 5.41) is 3.85. The third-order valence-electron chi connectivity index (χ3n) is 3.08. The molecule has 1 N–H and O–H groups in total. The Labute approximate surface area is 115 Å². The smallest absolute Gasteiger partial charge is 0.287 e. The number of rotatable bonds is 3. The van der Waals surface area contributed by atoms with E-state index in [1.54, 1.807) is 6.07 Å². The van der Waals surface area contributed by atoms with Gasteiger partial charge in [-0.05, 0) is 40.9 Å². The van der Waals surface area contributed by atoms with Crippen LogP contribution in [0.1, 0.15) is 31.3 Å². The molecule has 1 aromatic carbocycles. The number of fused-ring (bicyclic) bond motifs is 1. The van der Waals surface area contributed by atoms with E-state index in [9.17, 15) is 4.79 Å². The predicted octanol–water partition coefficient (Wildman–Crippen LogP) is 3.97. The molecule has 2 rings (SSSR count). The molecule has 1 atom stereocenters. The lowest BCUT2D eigenvalue weighted by Crippen LogP contribution is -2.35. The van der Waals surface area contributed by atoms with E-state index < -0.39 is 0 Å². The SMILES string of the molecule is CC(C)C(C)NC(=O)c1cc2cccc(Br)c2o1. The first kappa shape index (κ1) is 13.1. The Bertz CT molecular complexity index is 574. The van der Waals surface area contributed by atoms with Crippen molar-refractivity contribution >= 4 is 32.8 Å². The van der Waals surface area contributed by atoms with Crippen LogP contribution in [0.25, 0.3) is 11.0 Å². The number of benzene rings is 1. The van der Waals surface area contributed by atoms with Crippen molar-refractivity contribution in [1.29, 1.82) is 0 Å². The van der Waals surface area contributed by atoms with Crippen LogP contribution in [0.4, 0.5) is 0 Å². The quantitative estimate of drug-likeness (QED) is 0.932. The highest BCUT2D eigenvalue weighted by Gasteiger charge is 2.17. The van der Waals surface area contributed by atoms with E-state index in [0.717, 1.165) is 9.86 Å². The number of halogens is 1. The highest BCUT2D eigenvalue weighted by Crippen LogP contribution is 2.26. The molecule has 1 aromatic heterocycles. The maximum absolute atomic E-state index is 12.0. The number of para-hydroxylation sites is 1. The van der Waals surface area contributed by atoms with Gasteiger partial charge in [0.1, 0.15) is 5.58 Å². The fraction of sp³-hybridized carbons (Fsp3) is 0.357. The normalized spacial score (nSPS) is 12.9. The van der Waals surface area contributed by atoms with Gasteiger partial charge < -0.3 is 9.73 Å². The summed E-state index contributed by atoms with van der Waals surface area (Å²) >= 11 is 3.41. The molecular weight excluding hydrogens is 294 g/mol. The minimum Gasteiger partial charge on any atom is -0.450 e. The van der Waals surface area contributed by atoms with E-state index in [0.29, 0.717) is 17.3 Å². The average molecular weight is 310 g/mol. The third-order valence-corrected chi connectivity index (χ3v) is 3.70. The summed E-state index contributed by atoms with van der Waals surface area (Å²) in [5.41, 5.74) is 0.708. The molecule has 0 saturated heterocycles. The molecule has 0 saturated carbocycles. The molecule has 0 aliphatic heterocycles. The Morgan fingerprint density at radius 1 is 1.33 bits per heavy atom. The first-order valence-corrected chi connectivity index (χ1v) is 6.77. The minimum absolute atomic E-state index is 0.120. The lowest BCUT2D eigenvalue weighted by Gasteiger charge is -2.16. The summed E-state index contributed by atoms with van der Waals surface area (Å²) in [4.78, 5) is 12.0. The summed E-state index contributed by atoms with van der Waals surface area (Å²) in [6, 6.07) is 7.62. The van der Waals surface area contributed by atoms with Gasteiger partial charge in [0.2, 0.25) is 0 Å². The molecule has 0 aliphatic rings. The number of hydrogen-bond donors (Lipinski definition) is 1. The second-order valence-electron chi connectivity index (χ2n) is 4.77. The Morgan fingerprint density at radius 2 is 2.06 bits per heavy atom. The van der Waals surface area contributed by atoms with E-state index in [4.69, 9.17) is 4.42 Å². The van der Waals surface area contributed by atoms with E-state index in [-0.39, 0.29) is 11.9 Å². The number of carbonyl (C=O) groups excluding carboxylic acids is 1. The largest absolute Gasteiger partial charge is 0.450 e. The standard InChI is InChI=1S/C14H16BrNO2/c1-8(2)9(3)16-14(17)12-7-10-5-4-6-11(15)13(10)18-12/h4-9H,1-3H3,(H,16,17). The van der Waals surface area contributed by atoms with Crippen LogP contribution in [0.5, 0.6) is 0 Å². The molecule has 1 amide bonds. The number of carbonyl (C=O) groups is 1. The predicted molar refractivity (Wildman–Crippen MR) is 75.7 cm³/mol. The van der Waals surface area contributed by atoms with E-state index in [1.807, 2.05) is 25.1 Å². The van der Waals surface area contributed by atoms with E-state index in [2.05, 4.69) is 35.1 Å². The van der Waals surface area contributed by atoms with Crippen LogP contribution < -0.4 is 5.32 Å². The number of amides is 1. The van der Waals surface area contributed by atoms with Crippen LogP contribution in [0.2, 0.25) is 0 Å². The van der Waals surface area contributed by atoms with Gasteiger partial charge in [0.15, 0.2) is 5.76 Å². The van der Waals surface area contributed by atoms with Crippen molar-refractivity contribution in [1.82, 2.24) is 5.32 Å². The summed E-state index contributed by atoms with van der Waals surface area (Å²) in [6.07, 6.45) is 0. The van der Waals surface area contributed by atoms with E-state index >= 15 is 0 Å². The second-order valence-corrected chi connectivity index (χ2v) is 5.63. The monoisotopic (exact) mass is 309 g/mol. The van der Waals surface area contributed by atoms with Crippen LogP contribution in [0.3, 0.4) is 0 Å². The third kappa shape index (κ3) is 2.58. The van der Waals surface area contributed by atoms with Gasteiger partial charge in [0.25, 0.3) is 5.91 Å². The molecular formula is C14H16BrNO2. The summed E-state index contributed by atoms with van der Waals surface area (Å²) < 4.78 is 6.44. The van der Waals surface area contributed by atoms with Gasteiger partial charge in [-0.1, -0.05) is 26.0 Å². The Hall–Kier alpha value is -1.29. The Kier molecular flexibility index (Phi) is 3.76.